The molecular weight excluding hydrogens is 683 g/mol. The Bertz CT molecular complexity index is 1590. The predicted octanol–water partition coefficient (Wildman–Crippen LogP) is 10.8. The average molecular weight is 732 g/mol. The summed E-state index contributed by atoms with van der Waals surface area (Å²) in [6, 6.07) is 9.33. The third-order valence-corrected chi connectivity index (χ3v) is 9.91. The summed E-state index contributed by atoms with van der Waals surface area (Å²) in [6.45, 7) is 2.26. The first kappa shape index (κ1) is 38.7. The number of nitrogens with zero attached hydrogens (tertiary/aromatic N) is 2. The van der Waals surface area contributed by atoms with E-state index in [4.69, 9.17) is 34.8 Å². The maximum Gasteiger partial charge on any atom is 0.273 e. The quantitative estimate of drug-likeness (QED) is 0.0840. The Hall–Kier alpha value is -3.07. The van der Waals surface area contributed by atoms with E-state index in [-0.39, 0.29) is 51.8 Å². The van der Waals surface area contributed by atoms with Crippen LogP contribution in [0.2, 0.25) is 15.1 Å². The molecule has 1 saturated heterocycles. The highest BCUT2D eigenvalue weighted by Gasteiger charge is 2.34. The number of carbonyl (C=O) groups is 3. The lowest BCUT2D eigenvalue weighted by Crippen LogP contribution is -2.32. The Morgan fingerprint density at radius 1 is 0.714 bits per heavy atom. The molecule has 0 bridgehead atoms. The zero-order chi connectivity index (χ0) is 35.2. The van der Waals surface area contributed by atoms with Gasteiger partial charge in [0, 0.05) is 23.9 Å². The van der Waals surface area contributed by atoms with Crippen molar-refractivity contribution in [1.29, 1.82) is 0 Å². The van der Waals surface area contributed by atoms with Gasteiger partial charge in [-0.25, -0.2) is 9.58 Å². The third kappa shape index (κ3) is 11.2. The number of hydrogen-bond acceptors (Lipinski definition) is 4. The molecule has 0 radical (unpaired) electrons. The molecule has 0 saturated carbocycles. The van der Waals surface area contributed by atoms with Crippen molar-refractivity contribution in [3.8, 4) is 5.69 Å². The first-order valence-electron chi connectivity index (χ1n) is 18.0. The van der Waals surface area contributed by atoms with E-state index in [0.29, 0.717) is 17.1 Å². The molecule has 2 heterocycles. The number of rotatable bonds is 21. The standard InChI is InChI=1S/C38H49Cl3N4O4/c1-2-3-4-5-6-7-8-9-10-11-12-13-14-15-16-17-19-27-20-18-21-29(36(27)44-33(46)22-23-34(44)47)38(49)42-32-26-35(48)45(43-32)37-30(40)24-28(39)25-31(37)41/h18,20-21,24-26,43H,2-17,19,22-23H2,1H3,(H,42,49). The van der Waals surface area contributed by atoms with Gasteiger partial charge in [-0.2, -0.15) is 0 Å². The summed E-state index contributed by atoms with van der Waals surface area (Å²) in [7, 11) is 0. The number of halogens is 3. The number of aromatic nitrogens is 2. The fourth-order valence-electron chi connectivity index (χ4n) is 6.49. The minimum atomic E-state index is -0.571. The van der Waals surface area contributed by atoms with Gasteiger partial charge in [0.15, 0.2) is 0 Å². The van der Waals surface area contributed by atoms with Crippen molar-refractivity contribution in [2.24, 2.45) is 0 Å². The van der Waals surface area contributed by atoms with Crippen LogP contribution in [-0.4, -0.2) is 27.5 Å². The summed E-state index contributed by atoms with van der Waals surface area (Å²) in [5, 5.41) is 6.13. The molecule has 2 aromatic carbocycles. The zero-order valence-electron chi connectivity index (χ0n) is 28.6. The van der Waals surface area contributed by atoms with Crippen LogP contribution in [0.4, 0.5) is 11.5 Å². The van der Waals surface area contributed by atoms with Crippen molar-refractivity contribution in [1.82, 2.24) is 9.78 Å². The highest BCUT2D eigenvalue weighted by Crippen LogP contribution is 2.33. The molecule has 4 rings (SSSR count). The number of amides is 3. The van der Waals surface area contributed by atoms with Gasteiger partial charge in [0.2, 0.25) is 11.8 Å². The summed E-state index contributed by atoms with van der Waals surface area (Å²) in [6.07, 6.45) is 21.2. The Kier molecular flexibility index (Phi) is 15.8. The van der Waals surface area contributed by atoms with Crippen LogP contribution in [0, 0.1) is 0 Å². The van der Waals surface area contributed by atoms with Gasteiger partial charge in [-0.05, 0) is 36.6 Å². The number of unbranched alkanes of at least 4 members (excludes halogenated alkanes) is 15. The van der Waals surface area contributed by atoms with E-state index < -0.39 is 11.5 Å². The van der Waals surface area contributed by atoms with Crippen molar-refractivity contribution < 1.29 is 14.4 Å². The minimum Gasteiger partial charge on any atom is -0.307 e. The molecule has 3 amide bonds. The van der Waals surface area contributed by atoms with Gasteiger partial charge in [-0.1, -0.05) is 150 Å². The highest BCUT2D eigenvalue weighted by atomic mass is 35.5. The fraction of sp³-hybridized carbons (Fsp3) is 0.526. The Balaban J connectivity index is 1.31. The molecule has 3 aromatic rings. The van der Waals surface area contributed by atoms with Crippen molar-refractivity contribution in [2.45, 2.75) is 129 Å². The minimum absolute atomic E-state index is 0.0883. The van der Waals surface area contributed by atoms with E-state index in [2.05, 4.69) is 17.3 Å². The maximum atomic E-state index is 13.7. The topological polar surface area (TPSA) is 104 Å². The van der Waals surface area contributed by atoms with Crippen molar-refractivity contribution in [2.75, 3.05) is 10.2 Å². The van der Waals surface area contributed by atoms with E-state index in [0.717, 1.165) is 34.4 Å². The van der Waals surface area contributed by atoms with Gasteiger partial charge in [-0.3, -0.25) is 24.3 Å². The number of H-pyrrole nitrogens is 1. The molecule has 8 nitrogen and oxygen atoms in total. The van der Waals surface area contributed by atoms with Crippen molar-refractivity contribution in [3.05, 3.63) is 72.9 Å². The van der Waals surface area contributed by atoms with E-state index >= 15 is 0 Å². The Morgan fingerprint density at radius 2 is 1.22 bits per heavy atom. The zero-order valence-corrected chi connectivity index (χ0v) is 30.8. The number of anilines is 2. The number of aromatic amines is 1. The van der Waals surface area contributed by atoms with E-state index in [9.17, 15) is 19.2 Å². The van der Waals surface area contributed by atoms with Gasteiger partial charge in [0.1, 0.15) is 11.5 Å². The van der Waals surface area contributed by atoms with E-state index in [1.165, 1.54) is 102 Å². The van der Waals surface area contributed by atoms with Crippen LogP contribution >= 0.6 is 34.8 Å². The summed E-state index contributed by atoms with van der Waals surface area (Å²) in [5.74, 6) is -1.14. The van der Waals surface area contributed by atoms with Crippen LogP contribution in [0.25, 0.3) is 5.69 Å². The van der Waals surface area contributed by atoms with Crippen LogP contribution < -0.4 is 15.8 Å². The molecule has 0 atom stereocenters. The highest BCUT2D eigenvalue weighted by molar-refractivity contribution is 6.40. The number of nitrogens with one attached hydrogen (secondary N) is 2. The van der Waals surface area contributed by atoms with Crippen molar-refractivity contribution in [3.63, 3.8) is 0 Å². The molecule has 0 aliphatic carbocycles. The van der Waals surface area contributed by atoms with Crippen LogP contribution in [-0.2, 0) is 16.0 Å². The summed E-state index contributed by atoms with van der Waals surface area (Å²) < 4.78 is 1.11. The fourth-order valence-corrected chi connectivity index (χ4v) is 7.48. The lowest BCUT2D eigenvalue weighted by Gasteiger charge is -2.22. The number of imide groups is 1. The number of aryl methyl sites for hydroxylation is 1. The molecule has 1 aromatic heterocycles. The van der Waals surface area contributed by atoms with Crippen LogP contribution in [0.5, 0.6) is 0 Å². The second-order valence-electron chi connectivity index (χ2n) is 13.0. The SMILES string of the molecule is CCCCCCCCCCCCCCCCCCc1cccc(C(=O)Nc2cc(=O)n(-c3c(Cl)cc(Cl)cc3Cl)[nH]2)c1N1C(=O)CCC1=O. The van der Waals surface area contributed by atoms with E-state index in [1.807, 2.05) is 6.07 Å². The van der Waals surface area contributed by atoms with Crippen molar-refractivity contribution >= 4 is 64.0 Å². The predicted molar refractivity (Wildman–Crippen MR) is 201 cm³/mol. The summed E-state index contributed by atoms with van der Waals surface area (Å²) >= 11 is 18.6. The Labute approximate surface area is 304 Å². The monoisotopic (exact) mass is 730 g/mol. The number of carbonyl (C=O) groups excluding carboxylic acids is 3. The number of para-hydroxylation sites is 1. The van der Waals surface area contributed by atoms with E-state index in [1.54, 1.807) is 12.1 Å². The molecule has 2 N–H and O–H groups in total. The van der Waals surface area contributed by atoms with Gasteiger partial charge in [-0.15, -0.1) is 0 Å². The largest absolute Gasteiger partial charge is 0.307 e. The number of benzene rings is 2. The van der Waals surface area contributed by atoms with Crippen LogP contribution in [0.1, 0.15) is 138 Å². The maximum absolute atomic E-state index is 13.7. The van der Waals surface area contributed by atoms with Gasteiger partial charge < -0.3 is 5.32 Å². The molecule has 1 fully saturated rings. The number of hydrogen-bond donors (Lipinski definition) is 2. The molecule has 49 heavy (non-hydrogen) atoms. The van der Waals surface area contributed by atoms with Gasteiger partial charge in [0.25, 0.3) is 11.5 Å². The third-order valence-electron chi connectivity index (χ3n) is 9.11. The second kappa shape index (κ2) is 19.9. The summed E-state index contributed by atoms with van der Waals surface area (Å²) in [4.78, 5) is 53.4. The molecule has 11 heteroatoms. The second-order valence-corrected chi connectivity index (χ2v) is 14.3. The first-order chi connectivity index (χ1) is 23.7. The van der Waals surface area contributed by atoms with Gasteiger partial charge >= 0.3 is 0 Å². The lowest BCUT2D eigenvalue weighted by atomic mass is 9.98. The smallest absolute Gasteiger partial charge is 0.273 e. The normalized spacial score (nSPS) is 13.1. The van der Waals surface area contributed by atoms with Crippen LogP contribution in [0.3, 0.4) is 0 Å². The molecule has 266 valence electrons. The molecule has 0 unspecified atom stereocenters. The average Bonchev–Trinajstić information content (AvgIpc) is 3.59. The molecular formula is C38H49Cl3N4O4. The molecule has 0 spiro atoms. The lowest BCUT2D eigenvalue weighted by molar-refractivity contribution is -0.121. The van der Waals surface area contributed by atoms with Gasteiger partial charge in [0.05, 0.1) is 21.3 Å². The first-order valence-corrected chi connectivity index (χ1v) is 19.1. The Morgan fingerprint density at radius 3 is 1.76 bits per heavy atom. The molecule has 1 aliphatic heterocycles. The summed E-state index contributed by atoms with van der Waals surface area (Å²) in [5.41, 5.74) is 0.942. The molecule has 1 aliphatic rings. The van der Waals surface area contributed by atoms with Crippen LogP contribution in [0.15, 0.2) is 41.2 Å².